The van der Waals surface area contributed by atoms with Gasteiger partial charge < -0.3 is 49.3 Å². The molecule has 0 saturated heterocycles. The van der Waals surface area contributed by atoms with Crippen LogP contribution in [0.1, 0.15) is 0 Å². The first-order valence-electron chi connectivity index (χ1n) is 0. The van der Waals surface area contributed by atoms with Gasteiger partial charge in [0.05, 0.1) is 0 Å². The van der Waals surface area contributed by atoms with Gasteiger partial charge in [0.25, 0.3) is 0 Å². The van der Waals surface area contributed by atoms with Gasteiger partial charge in [-0.15, -0.1) is 0 Å². The molecule has 0 bridgehead atoms. The van der Waals surface area contributed by atoms with E-state index >= 15 is 0 Å². The number of rotatable bonds is 0. The topological polar surface area (TPSA) is 256 Å². The summed E-state index contributed by atoms with van der Waals surface area (Å²) < 4.78 is 0. The minimum absolute atomic E-state index is 0. The molecule has 0 aliphatic rings. The van der Waals surface area contributed by atoms with E-state index in [9.17, 15) is 0 Å². The maximum absolute atomic E-state index is 0. The second kappa shape index (κ2) is 276. The van der Waals surface area contributed by atoms with Crippen LogP contribution in [-0.4, -0.2) is 0 Å². The minimum atomic E-state index is 0. The molecule has 0 aromatic carbocycles. The summed E-state index contributed by atoms with van der Waals surface area (Å²) >= 11 is 0. The normalized spacial score (nSPS) is 0. The molecular formula is La2O9W2-12. The van der Waals surface area contributed by atoms with Crippen molar-refractivity contribution in [1.82, 2.24) is 0 Å². The largest absolute Gasteiger partial charge is 3.00 e. The van der Waals surface area contributed by atoms with Crippen LogP contribution >= 0.6 is 0 Å². The Kier molecular flexibility index (Phi) is 7110. The first-order chi connectivity index (χ1) is 0. The molecule has 0 spiro atoms. The summed E-state index contributed by atoms with van der Waals surface area (Å²) in [5.74, 6) is 0. The van der Waals surface area contributed by atoms with E-state index in [0.717, 1.165) is 0 Å². The molecule has 0 aromatic heterocycles. The van der Waals surface area contributed by atoms with Crippen molar-refractivity contribution in [3.05, 3.63) is 0 Å². The van der Waals surface area contributed by atoms with Gasteiger partial charge in [0.1, 0.15) is 0 Å². The van der Waals surface area contributed by atoms with Gasteiger partial charge in [0.2, 0.25) is 0 Å². The van der Waals surface area contributed by atoms with Crippen LogP contribution in [0.2, 0.25) is 0 Å². The zero-order chi connectivity index (χ0) is 0. The third-order valence-electron chi connectivity index (χ3n) is 0. The summed E-state index contributed by atoms with van der Waals surface area (Å²) in [6.45, 7) is 0. The molecule has 0 heterocycles. The second-order valence-electron chi connectivity index (χ2n) is 0. The van der Waals surface area contributed by atoms with E-state index in [-0.39, 0.29) is 163 Å². The SMILES string of the molecule is [La+3].[La+3].[O-2].[O-2].[O-2].[O-2].[O-2].[O-2].[O-2].[O-2].[O-2].[W].[W]. The summed E-state index contributed by atoms with van der Waals surface area (Å²) in [7, 11) is 0. The Balaban J connectivity index is 0. The van der Waals surface area contributed by atoms with Crippen LogP contribution in [0.25, 0.3) is 0 Å². The van der Waals surface area contributed by atoms with E-state index in [1.165, 1.54) is 0 Å². The molecule has 0 saturated carbocycles. The van der Waals surface area contributed by atoms with Crippen LogP contribution in [-0.2, 0) is 91.4 Å². The monoisotopic (exact) mass is 790 g/mol. The van der Waals surface area contributed by atoms with Gasteiger partial charge in [-0.25, -0.2) is 0 Å². The average molecular weight is 789 g/mol. The summed E-state index contributed by atoms with van der Waals surface area (Å²) in [6.07, 6.45) is 0. The van der Waals surface area contributed by atoms with E-state index in [1.54, 1.807) is 0 Å². The molecule has 0 unspecified atom stereocenters. The zero-order valence-electron chi connectivity index (χ0n) is 5.65. The van der Waals surface area contributed by atoms with Crippen molar-refractivity contribution in [1.29, 1.82) is 0 Å². The van der Waals surface area contributed by atoms with Crippen LogP contribution < -0.4 is 0 Å². The van der Waals surface area contributed by atoms with Gasteiger partial charge in [-0.05, 0) is 0 Å². The molecule has 0 rings (SSSR count). The Bertz CT molecular complexity index is 15.6. The summed E-state index contributed by atoms with van der Waals surface area (Å²) in [5, 5.41) is 0. The molecule has 0 amide bonds. The molecule has 0 N–H and O–H groups in total. The van der Waals surface area contributed by atoms with Crippen molar-refractivity contribution in [3.8, 4) is 0 Å². The Morgan fingerprint density at radius 2 is 0.231 bits per heavy atom. The van der Waals surface area contributed by atoms with Gasteiger partial charge in [0.15, 0.2) is 0 Å². The molecular weight excluding hydrogens is 789 g/mol. The van der Waals surface area contributed by atoms with E-state index in [2.05, 4.69) is 0 Å². The van der Waals surface area contributed by atoms with E-state index < -0.39 is 0 Å². The van der Waals surface area contributed by atoms with Crippen molar-refractivity contribution in [2.75, 3.05) is 0 Å². The summed E-state index contributed by atoms with van der Waals surface area (Å²) in [4.78, 5) is 0. The summed E-state index contributed by atoms with van der Waals surface area (Å²) in [6, 6.07) is 0. The summed E-state index contributed by atoms with van der Waals surface area (Å²) in [5.41, 5.74) is 0. The van der Waals surface area contributed by atoms with Crippen LogP contribution in [0.4, 0.5) is 0 Å². The standard InChI is InChI=1S/2La.9O.2W/q2*+3;9*-2;;. The molecule has 9 nitrogen and oxygen atoms in total. The quantitative estimate of drug-likeness (QED) is 0.284. The molecule has 13 heavy (non-hydrogen) atoms. The second-order valence-corrected chi connectivity index (χ2v) is 0. The maximum Gasteiger partial charge on any atom is 3.00 e. The third kappa shape index (κ3) is 239. The van der Waals surface area contributed by atoms with Gasteiger partial charge in [0, 0.05) is 42.1 Å². The minimum Gasteiger partial charge on any atom is -2.00 e. The van der Waals surface area contributed by atoms with Crippen molar-refractivity contribution >= 4 is 0 Å². The van der Waals surface area contributed by atoms with E-state index in [1.807, 2.05) is 0 Å². The van der Waals surface area contributed by atoms with Crippen molar-refractivity contribution in [3.63, 3.8) is 0 Å². The molecule has 0 atom stereocenters. The Hall–Kier alpha value is 3.41. The fraction of sp³-hybridized carbons (Fsp3) is 0. The van der Waals surface area contributed by atoms with Crippen LogP contribution in [0.15, 0.2) is 0 Å². The fourth-order valence-electron chi connectivity index (χ4n) is 0. The van der Waals surface area contributed by atoms with Gasteiger partial charge >= 0.3 is 71.2 Å². The van der Waals surface area contributed by atoms with Gasteiger partial charge in [-0.2, -0.15) is 0 Å². The van der Waals surface area contributed by atoms with Crippen molar-refractivity contribution in [2.45, 2.75) is 0 Å². The fourth-order valence-corrected chi connectivity index (χ4v) is 0. The third-order valence-corrected chi connectivity index (χ3v) is 0. The molecule has 13 heteroatoms. The predicted octanol–water partition coefficient (Wildman–Crippen LogP) is -1.07. The van der Waals surface area contributed by atoms with Crippen LogP contribution in [0.5, 0.6) is 0 Å². The first-order valence-corrected chi connectivity index (χ1v) is 0. The Labute approximate surface area is 160 Å². The van der Waals surface area contributed by atoms with Crippen molar-refractivity contribution < 1.29 is 163 Å². The van der Waals surface area contributed by atoms with E-state index in [0.29, 0.717) is 0 Å². The van der Waals surface area contributed by atoms with Crippen molar-refractivity contribution in [2.24, 2.45) is 0 Å². The van der Waals surface area contributed by atoms with E-state index in [4.69, 9.17) is 0 Å². The van der Waals surface area contributed by atoms with Gasteiger partial charge in [-0.3, -0.25) is 0 Å². The molecule has 0 fully saturated rings. The zero-order valence-corrected chi connectivity index (χ0v) is 18.8. The number of hydrogen-bond acceptors (Lipinski definition) is 0. The Morgan fingerprint density at radius 1 is 0.231 bits per heavy atom. The number of hydrogen-bond donors (Lipinski definition) is 0. The molecule has 0 aliphatic heterocycles. The molecule has 84 valence electrons. The van der Waals surface area contributed by atoms with Crippen LogP contribution in [0, 0.1) is 71.2 Å². The maximum atomic E-state index is 0. The predicted molar refractivity (Wildman–Crippen MR) is 6.18 cm³/mol. The molecule has 0 aliphatic carbocycles. The van der Waals surface area contributed by atoms with Crippen LogP contribution in [0.3, 0.4) is 0 Å². The Morgan fingerprint density at radius 3 is 0.231 bits per heavy atom. The first kappa shape index (κ1) is 336. The smallest absolute Gasteiger partial charge is 2.00 e. The average Bonchev–Trinajstić information content (AvgIpc) is 0. The van der Waals surface area contributed by atoms with Gasteiger partial charge in [-0.1, -0.05) is 0 Å². The molecule has 0 radical (unpaired) electrons. The molecule has 0 aromatic rings.